The summed E-state index contributed by atoms with van der Waals surface area (Å²) in [5.41, 5.74) is 0.0917. The third-order valence-electron chi connectivity index (χ3n) is 2.93. The normalized spacial score (nSPS) is 11.9. The van der Waals surface area contributed by atoms with Crippen LogP contribution in [0, 0.1) is 17.2 Å². The van der Waals surface area contributed by atoms with Crippen LogP contribution in [0.25, 0.3) is 11.7 Å². The van der Waals surface area contributed by atoms with Gasteiger partial charge in [0.05, 0.1) is 0 Å². The summed E-state index contributed by atoms with van der Waals surface area (Å²) in [4.78, 5) is 4.02. The van der Waals surface area contributed by atoms with Gasteiger partial charge in [0.25, 0.3) is 15.9 Å². The fourth-order valence-electron chi connectivity index (χ4n) is 1.67. The van der Waals surface area contributed by atoms with Gasteiger partial charge in [-0.2, -0.15) is 10.2 Å². The molecule has 0 fully saturated rings. The van der Waals surface area contributed by atoms with Crippen molar-refractivity contribution in [3.63, 3.8) is 0 Å². The molecule has 1 N–H and O–H groups in total. The van der Waals surface area contributed by atoms with Gasteiger partial charge in [0, 0.05) is 20.6 Å². The Bertz CT molecular complexity index is 827. The van der Waals surface area contributed by atoms with E-state index in [9.17, 15) is 8.42 Å². The molecule has 0 aromatic carbocycles. The summed E-state index contributed by atoms with van der Waals surface area (Å²) >= 11 is 0. The van der Waals surface area contributed by atoms with Gasteiger partial charge in [-0.15, -0.1) is 0 Å². The van der Waals surface area contributed by atoms with E-state index in [1.807, 2.05) is 19.9 Å². The third kappa shape index (κ3) is 3.55. The first-order valence-electron chi connectivity index (χ1n) is 6.93. The van der Waals surface area contributed by atoms with Gasteiger partial charge >= 0.3 is 0 Å². The average molecular weight is 338 g/mol. The fraction of sp³-hybridized carbons (Fsp3) is 0.429. The van der Waals surface area contributed by atoms with Crippen molar-refractivity contribution >= 4 is 15.9 Å². The van der Waals surface area contributed by atoms with Crippen LogP contribution < -0.4 is 5.32 Å². The van der Waals surface area contributed by atoms with Crippen LogP contribution in [0.15, 0.2) is 26.1 Å². The predicted molar refractivity (Wildman–Crippen MR) is 83.1 cm³/mol. The lowest BCUT2D eigenvalue weighted by Crippen LogP contribution is -2.21. The Morgan fingerprint density at radius 3 is 2.61 bits per heavy atom. The van der Waals surface area contributed by atoms with E-state index < -0.39 is 10.0 Å². The number of aromatic nitrogens is 1. The van der Waals surface area contributed by atoms with Gasteiger partial charge in [-0.25, -0.2) is 12.7 Å². The van der Waals surface area contributed by atoms with Crippen molar-refractivity contribution in [2.24, 2.45) is 5.92 Å². The number of oxazole rings is 1. The highest BCUT2D eigenvalue weighted by molar-refractivity contribution is 7.88. The molecule has 0 saturated carbocycles. The zero-order valence-electron chi connectivity index (χ0n) is 13.3. The van der Waals surface area contributed by atoms with Gasteiger partial charge in [-0.3, -0.25) is 0 Å². The van der Waals surface area contributed by atoms with E-state index in [1.165, 1.54) is 26.2 Å². The number of nitrogens with zero attached hydrogens (tertiary/aromatic N) is 3. The first kappa shape index (κ1) is 17.1. The zero-order valence-corrected chi connectivity index (χ0v) is 14.1. The number of nitrogens with one attached hydrogen (secondary N) is 1. The average Bonchev–Trinajstić information content (AvgIpc) is 3.11. The SMILES string of the molecule is CC(C)CNc1oc(-c2ccc(S(=O)(=O)N(C)C)o2)nc1C#N. The predicted octanol–water partition coefficient (Wildman–Crippen LogP) is 2.12. The van der Waals surface area contributed by atoms with Gasteiger partial charge in [0.1, 0.15) is 6.07 Å². The maximum absolute atomic E-state index is 12.0. The Balaban J connectivity index is 2.34. The molecule has 0 saturated heterocycles. The second-order valence-corrected chi connectivity index (χ2v) is 7.57. The maximum atomic E-state index is 12.0. The number of anilines is 1. The quantitative estimate of drug-likeness (QED) is 0.858. The fourth-order valence-corrected chi connectivity index (χ4v) is 2.47. The summed E-state index contributed by atoms with van der Waals surface area (Å²) in [6, 6.07) is 4.69. The van der Waals surface area contributed by atoms with Crippen molar-refractivity contribution in [3.8, 4) is 17.7 Å². The van der Waals surface area contributed by atoms with Crippen molar-refractivity contribution in [2.45, 2.75) is 18.9 Å². The first-order chi connectivity index (χ1) is 10.8. The largest absolute Gasteiger partial charge is 0.438 e. The van der Waals surface area contributed by atoms with E-state index in [1.54, 1.807) is 0 Å². The lowest BCUT2D eigenvalue weighted by molar-refractivity contribution is 0.423. The molecule has 2 rings (SSSR count). The van der Waals surface area contributed by atoms with E-state index in [4.69, 9.17) is 14.1 Å². The van der Waals surface area contributed by atoms with E-state index in [2.05, 4.69) is 10.3 Å². The minimum atomic E-state index is -3.68. The van der Waals surface area contributed by atoms with Crippen molar-refractivity contribution in [1.82, 2.24) is 9.29 Å². The lowest BCUT2D eigenvalue weighted by atomic mass is 10.2. The van der Waals surface area contributed by atoms with Gasteiger partial charge < -0.3 is 14.2 Å². The number of nitriles is 1. The molecule has 0 aliphatic carbocycles. The van der Waals surface area contributed by atoms with Gasteiger partial charge in [-0.05, 0) is 18.1 Å². The molecule has 0 aliphatic heterocycles. The summed E-state index contributed by atoms with van der Waals surface area (Å²) in [6.45, 7) is 4.64. The van der Waals surface area contributed by atoms with Gasteiger partial charge in [0.15, 0.2) is 5.76 Å². The van der Waals surface area contributed by atoms with Crippen LogP contribution in [-0.2, 0) is 10.0 Å². The molecular weight excluding hydrogens is 320 g/mol. The van der Waals surface area contributed by atoms with Crippen LogP contribution in [-0.4, -0.2) is 38.3 Å². The molecule has 23 heavy (non-hydrogen) atoms. The molecule has 0 bridgehead atoms. The smallest absolute Gasteiger partial charge is 0.275 e. The van der Waals surface area contributed by atoms with E-state index in [0.717, 1.165) is 4.31 Å². The van der Waals surface area contributed by atoms with Crippen LogP contribution in [0.2, 0.25) is 0 Å². The van der Waals surface area contributed by atoms with Crippen molar-refractivity contribution < 1.29 is 17.3 Å². The maximum Gasteiger partial charge on any atom is 0.275 e. The molecule has 0 atom stereocenters. The minimum absolute atomic E-state index is 0.0491. The van der Waals surface area contributed by atoms with Gasteiger partial charge in [-0.1, -0.05) is 13.8 Å². The lowest BCUT2D eigenvalue weighted by Gasteiger charge is -2.07. The number of sulfonamides is 1. The highest BCUT2D eigenvalue weighted by Crippen LogP contribution is 2.29. The third-order valence-corrected chi connectivity index (χ3v) is 4.62. The monoisotopic (exact) mass is 338 g/mol. The van der Waals surface area contributed by atoms with Crippen LogP contribution in [0.4, 0.5) is 5.88 Å². The second-order valence-electron chi connectivity index (χ2n) is 5.49. The van der Waals surface area contributed by atoms with Crippen LogP contribution in [0.5, 0.6) is 0 Å². The molecule has 0 unspecified atom stereocenters. The second kappa shape index (κ2) is 6.44. The van der Waals surface area contributed by atoms with Crippen LogP contribution in [0.1, 0.15) is 19.5 Å². The Morgan fingerprint density at radius 2 is 2.04 bits per heavy atom. The van der Waals surface area contributed by atoms with Crippen molar-refractivity contribution in [3.05, 3.63) is 17.8 Å². The van der Waals surface area contributed by atoms with Crippen LogP contribution >= 0.6 is 0 Å². The van der Waals surface area contributed by atoms with E-state index >= 15 is 0 Å². The number of hydrogen-bond donors (Lipinski definition) is 1. The van der Waals surface area contributed by atoms with E-state index in [0.29, 0.717) is 12.5 Å². The highest BCUT2D eigenvalue weighted by Gasteiger charge is 2.24. The van der Waals surface area contributed by atoms with Gasteiger partial charge in [0.2, 0.25) is 16.7 Å². The molecule has 0 aliphatic rings. The molecule has 8 nitrogen and oxygen atoms in total. The molecule has 0 spiro atoms. The summed E-state index contributed by atoms with van der Waals surface area (Å²) < 4.78 is 35.8. The summed E-state index contributed by atoms with van der Waals surface area (Å²) in [7, 11) is -0.864. The summed E-state index contributed by atoms with van der Waals surface area (Å²) in [5.74, 6) is 0.785. The number of furan rings is 1. The summed E-state index contributed by atoms with van der Waals surface area (Å²) in [6.07, 6.45) is 0. The molecule has 2 aromatic rings. The van der Waals surface area contributed by atoms with Crippen LogP contribution in [0.3, 0.4) is 0 Å². The number of hydrogen-bond acceptors (Lipinski definition) is 7. The molecular formula is C14H18N4O4S. The van der Waals surface area contributed by atoms with E-state index in [-0.39, 0.29) is 28.3 Å². The first-order valence-corrected chi connectivity index (χ1v) is 8.37. The Kier molecular flexibility index (Phi) is 4.77. The Labute approximate surface area is 134 Å². The highest BCUT2D eigenvalue weighted by atomic mass is 32.2. The Morgan fingerprint density at radius 1 is 1.35 bits per heavy atom. The zero-order chi connectivity index (χ0) is 17.2. The molecule has 2 aromatic heterocycles. The van der Waals surface area contributed by atoms with Crippen molar-refractivity contribution in [2.75, 3.05) is 26.0 Å². The minimum Gasteiger partial charge on any atom is -0.438 e. The molecule has 0 radical (unpaired) electrons. The summed E-state index contributed by atoms with van der Waals surface area (Å²) in [5, 5.41) is 11.9. The number of rotatable bonds is 6. The van der Waals surface area contributed by atoms with Crippen molar-refractivity contribution in [1.29, 1.82) is 5.26 Å². The standard InChI is InChI=1S/C14H18N4O4S/c1-9(2)8-16-13-10(7-15)17-14(22-13)11-5-6-12(21-11)23(19,20)18(3)4/h5-6,9,16H,8H2,1-4H3. The molecule has 0 amide bonds. The Hall–Kier alpha value is -2.31. The molecule has 2 heterocycles. The molecule has 9 heteroatoms. The molecule has 124 valence electrons. The topological polar surface area (TPSA) is 112 Å².